The first-order chi connectivity index (χ1) is 10.7. The standard InChI is InChI=1S/C17H23FN2OS.ClH/c18-14-4-1-3-13(9-14)10-16-5-2-7-20(16)17(21)11-15-12-22-8-6-19-15;/h1,3-4,9,15-16,19H,2,5-8,10-12H2;1H. The molecule has 2 unspecified atom stereocenters. The molecule has 0 aromatic heterocycles. The molecule has 0 spiro atoms. The fraction of sp³-hybridized carbons (Fsp3) is 0.588. The summed E-state index contributed by atoms with van der Waals surface area (Å²) in [5, 5.41) is 3.43. The minimum atomic E-state index is -0.197. The van der Waals surface area contributed by atoms with Gasteiger partial charge in [-0.2, -0.15) is 11.8 Å². The van der Waals surface area contributed by atoms with Crippen molar-refractivity contribution in [2.75, 3.05) is 24.6 Å². The van der Waals surface area contributed by atoms with Gasteiger partial charge in [0.05, 0.1) is 0 Å². The molecule has 3 rings (SSSR count). The number of hydrogen-bond acceptors (Lipinski definition) is 3. The van der Waals surface area contributed by atoms with Crippen LogP contribution in [0.25, 0.3) is 0 Å². The second-order valence-corrected chi connectivity index (χ2v) is 7.30. The molecule has 2 saturated heterocycles. The van der Waals surface area contributed by atoms with Gasteiger partial charge in [-0.15, -0.1) is 12.4 Å². The summed E-state index contributed by atoms with van der Waals surface area (Å²) in [6.07, 6.45) is 3.43. The van der Waals surface area contributed by atoms with Crippen molar-refractivity contribution in [1.82, 2.24) is 10.2 Å². The summed E-state index contributed by atoms with van der Waals surface area (Å²) in [6, 6.07) is 7.28. The number of nitrogens with one attached hydrogen (secondary N) is 1. The number of nitrogens with zero attached hydrogens (tertiary/aromatic N) is 1. The Hall–Kier alpha value is -0.780. The lowest BCUT2D eigenvalue weighted by Crippen LogP contribution is -2.44. The van der Waals surface area contributed by atoms with Gasteiger partial charge in [0.25, 0.3) is 0 Å². The predicted octanol–water partition coefficient (Wildman–Crippen LogP) is 2.88. The highest BCUT2D eigenvalue weighted by molar-refractivity contribution is 7.99. The lowest BCUT2D eigenvalue weighted by Gasteiger charge is -2.29. The molecule has 6 heteroatoms. The van der Waals surface area contributed by atoms with Crippen molar-refractivity contribution < 1.29 is 9.18 Å². The molecule has 1 aromatic carbocycles. The normalized spacial score (nSPS) is 24.3. The highest BCUT2D eigenvalue weighted by Gasteiger charge is 2.30. The van der Waals surface area contributed by atoms with Crippen LogP contribution in [0.2, 0.25) is 0 Å². The van der Waals surface area contributed by atoms with Crippen LogP contribution in [0.1, 0.15) is 24.8 Å². The first-order valence-corrected chi connectivity index (χ1v) is 9.23. The molecule has 2 aliphatic rings. The van der Waals surface area contributed by atoms with E-state index < -0.39 is 0 Å². The van der Waals surface area contributed by atoms with Crippen LogP contribution in [0.3, 0.4) is 0 Å². The van der Waals surface area contributed by atoms with Gasteiger partial charge >= 0.3 is 0 Å². The van der Waals surface area contributed by atoms with E-state index in [0.29, 0.717) is 12.5 Å². The number of thioether (sulfide) groups is 1. The molecule has 1 amide bonds. The molecule has 0 saturated carbocycles. The third-order valence-corrected chi connectivity index (χ3v) is 5.61. The molecular weight excluding hydrogens is 335 g/mol. The van der Waals surface area contributed by atoms with Crippen LogP contribution in [0.15, 0.2) is 24.3 Å². The van der Waals surface area contributed by atoms with Crippen molar-refractivity contribution in [1.29, 1.82) is 0 Å². The summed E-state index contributed by atoms with van der Waals surface area (Å²) in [4.78, 5) is 14.6. The van der Waals surface area contributed by atoms with E-state index in [1.54, 1.807) is 12.1 Å². The second-order valence-electron chi connectivity index (χ2n) is 6.15. The quantitative estimate of drug-likeness (QED) is 0.898. The summed E-state index contributed by atoms with van der Waals surface area (Å²) in [7, 11) is 0. The van der Waals surface area contributed by atoms with Crippen LogP contribution in [-0.4, -0.2) is 47.5 Å². The van der Waals surface area contributed by atoms with E-state index in [0.717, 1.165) is 49.4 Å². The zero-order chi connectivity index (χ0) is 15.4. The molecule has 23 heavy (non-hydrogen) atoms. The van der Waals surface area contributed by atoms with Gasteiger partial charge in [-0.3, -0.25) is 4.79 Å². The van der Waals surface area contributed by atoms with Crippen molar-refractivity contribution in [3.05, 3.63) is 35.6 Å². The minimum absolute atomic E-state index is 0. The molecule has 0 aliphatic carbocycles. The number of rotatable bonds is 4. The van der Waals surface area contributed by atoms with Crippen LogP contribution in [0.4, 0.5) is 4.39 Å². The highest BCUT2D eigenvalue weighted by atomic mass is 35.5. The van der Waals surface area contributed by atoms with Crippen molar-refractivity contribution in [2.45, 2.75) is 37.8 Å². The summed E-state index contributed by atoms with van der Waals surface area (Å²) in [6.45, 7) is 1.84. The summed E-state index contributed by atoms with van der Waals surface area (Å²) in [5.74, 6) is 2.21. The van der Waals surface area contributed by atoms with Crippen molar-refractivity contribution >= 4 is 30.1 Å². The monoisotopic (exact) mass is 358 g/mol. The number of hydrogen-bond donors (Lipinski definition) is 1. The molecular formula is C17H24ClFN2OS. The zero-order valence-corrected chi connectivity index (χ0v) is 14.8. The average molecular weight is 359 g/mol. The highest BCUT2D eigenvalue weighted by Crippen LogP contribution is 2.23. The van der Waals surface area contributed by atoms with E-state index >= 15 is 0 Å². The first-order valence-electron chi connectivity index (χ1n) is 8.07. The van der Waals surface area contributed by atoms with Crippen LogP contribution >= 0.6 is 24.2 Å². The Morgan fingerprint density at radius 1 is 1.43 bits per heavy atom. The third kappa shape index (κ3) is 5.10. The molecule has 3 nitrogen and oxygen atoms in total. The first kappa shape index (κ1) is 18.6. The molecule has 2 aliphatic heterocycles. The summed E-state index contributed by atoms with van der Waals surface area (Å²) in [5.41, 5.74) is 0.982. The number of carbonyl (C=O) groups is 1. The molecule has 0 bridgehead atoms. The van der Waals surface area contributed by atoms with Gasteiger partial charge in [0.1, 0.15) is 5.82 Å². The summed E-state index contributed by atoms with van der Waals surface area (Å²) >= 11 is 1.92. The Labute approximate surface area is 147 Å². The Morgan fingerprint density at radius 2 is 2.30 bits per heavy atom. The molecule has 1 N–H and O–H groups in total. The maximum atomic E-state index is 13.3. The number of likely N-dealkylation sites (tertiary alicyclic amines) is 1. The van der Waals surface area contributed by atoms with Crippen LogP contribution < -0.4 is 5.32 Å². The van der Waals surface area contributed by atoms with E-state index in [2.05, 4.69) is 5.32 Å². The van der Waals surface area contributed by atoms with Gasteiger partial charge in [-0.25, -0.2) is 4.39 Å². The van der Waals surface area contributed by atoms with Gasteiger partial charge < -0.3 is 10.2 Å². The van der Waals surface area contributed by atoms with E-state index in [9.17, 15) is 9.18 Å². The summed E-state index contributed by atoms with van der Waals surface area (Å²) < 4.78 is 13.3. The van der Waals surface area contributed by atoms with Gasteiger partial charge in [0, 0.05) is 43.1 Å². The van der Waals surface area contributed by atoms with Crippen LogP contribution in [0.5, 0.6) is 0 Å². The fourth-order valence-corrected chi connectivity index (χ4v) is 4.34. The molecule has 0 radical (unpaired) electrons. The van der Waals surface area contributed by atoms with Crippen LogP contribution in [-0.2, 0) is 11.2 Å². The maximum Gasteiger partial charge on any atom is 0.224 e. The smallest absolute Gasteiger partial charge is 0.224 e. The van der Waals surface area contributed by atoms with E-state index in [1.165, 1.54) is 6.07 Å². The van der Waals surface area contributed by atoms with E-state index in [4.69, 9.17) is 0 Å². The third-order valence-electron chi connectivity index (χ3n) is 4.48. The van der Waals surface area contributed by atoms with E-state index in [-0.39, 0.29) is 30.2 Å². The van der Waals surface area contributed by atoms with Crippen LogP contribution in [0, 0.1) is 5.82 Å². The fourth-order valence-electron chi connectivity index (χ4n) is 3.39. The average Bonchev–Trinajstić information content (AvgIpc) is 2.96. The van der Waals surface area contributed by atoms with Gasteiger partial charge in [0.2, 0.25) is 5.91 Å². The van der Waals surface area contributed by atoms with Crippen molar-refractivity contribution in [3.63, 3.8) is 0 Å². The zero-order valence-electron chi connectivity index (χ0n) is 13.2. The second kappa shape index (κ2) is 8.90. The largest absolute Gasteiger partial charge is 0.339 e. The molecule has 1 aromatic rings. The van der Waals surface area contributed by atoms with Crippen molar-refractivity contribution in [3.8, 4) is 0 Å². The number of amides is 1. The van der Waals surface area contributed by atoms with Gasteiger partial charge in [-0.05, 0) is 37.0 Å². The van der Waals surface area contributed by atoms with Crippen molar-refractivity contribution in [2.24, 2.45) is 0 Å². The number of benzene rings is 1. The molecule has 2 heterocycles. The lowest BCUT2D eigenvalue weighted by molar-refractivity contribution is -0.132. The Bertz CT molecular complexity index is 525. The predicted molar refractivity (Wildman–Crippen MR) is 95.8 cm³/mol. The SMILES string of the molecule is Cl.O=C(CC1CSCCN1)N1CCCC1Cc1cccc(F)c1. The minimum Gasteiger partial charge on any atom is -0.339 e. The topological polar surface area (TPSA) is 32.3 Å². The number of carbonyl (C=O) groups excluding carboxylic acids is 1. The molecule has 2 fully saturated rings. The molecule has 128 valence electrons. The van der Waals surface area contributed by atoms with Gasteiger partial charge in [0.15, 0.2) is 0 Å². The Morgan fingerprint density at radius 3 is 3.04 bits per heavy atom. The number of halogens is 2. The van der Waals surface area contributed by atoms with E-state index in [1.807, 2.05) is 22.7 Å². The lowest BCUT2D eigenvalue weighted by atomic mass is 10.0. The Kier molecular flexibility index (Phi) is 7.18. The van der Waals surface area contributed by atoms with Gasteiger partial charge in [-0.1, -0.05) is 12.1 Å². The molecule has 2 atom stereocenters. The Balaban J connectivity index is 0.00000192. The maximum absolute atomic E-state index is 13.3.